The van der Waals surface area contributed by atoms with Gasteiger partial charge in [-0.15, -0.1) is 10.2 Å². The number of ether oxygens (including phenoxy) is 7. The van der Waals surface area contributed by atoms with Gasteiger partial charge in [0.05, 0.1) is 53.7 Å². The number of rotatable bonds is 21. The van der Waals surface area contributed by atoms with E-state index in [1.54, 1.807) is 10.9 Å². The van der Waals surface area contributed by atoms with E-state index in [9.17, 15) is 30.6 Å². The van der Waals surface area contributed by atoms with Gasteiger partial charge in [-0.25, -0.2) is 14.3 Å². The fourth-order valence-corrected chi connectivity index (χ4v) is 11.0. The van der Waals surface area contributed by atoms with Crippen LogP contribution in [0.5, 0.6) is 5.75 Å². The van der Waals surface area contributed by atoms with Gasteiger partial charge in [-0.1, -0.05) is 10.4 Å². The van der Waals surface area contributed by atoms with Crippen molar-refractivity contribution in [2.75, 3.05) is 57.8 Å². The normalized spacial score (nSPS) is 35.3. The van der Waals surface area contributed by atoms with Crippen molar-refractivity contribution in [3.8, 4) is 17.1 Å². The van der Waals surface area contributed by atoms with Gasteiger partial charge < -0.3 is 113 Å². The van der Waals surface area contributed by atoms with Gasteiger partial charge in [-0.3, -0.25) is 0 Å². The Bertz CT molecular complexity index is 2750. The van der Waals surface area contributed by atoms with Crippen molar-refractivity contribution in [2.24, 2.45) is 34.4 Å². The number of H-pyrrole nitrogens is 1. The third kappa shape index (κ3) is 13.0. The number of aromatic amines is 1. The van der Waals surface area contributed by atoms with E-state index in [-0.39, 0.29) is 26.1 Å². The largest absolute Gasteiger partial charge is 0.492 e. The monoisotopic (exact) mass is 1120 g/mol. The fourth-order valence-electron chi connectivity index (χ4n) is 11.0. The van der Waals surface area contributed by atoms with E-state index in [1.165, 1.54) is 10.4 Å². The van der Waals surface area contributed by atoms with Crippen molar-refractivity contribution in [3.05, 3.63) is 66.2 Å². The van der Waals surface area contributed by atoms with Crippen LogP contribution in [0.2, 0.25) is 0 Å². The summed E-state index contributed by atoms with van der Waals surface area (Å²) in [6.07, 6.45) is -13.6. The zero-order chi connectivity index (χ0) is 56.4. The molecule has 0 radical (unpaired) electrons. The summed E-state index contributed by atoms with van der Waals surface area (Å²) in [4.78, 5) is 13.1. The number of aryl methyl sites for hydroxylation is 2. The third-order valence-corrected chi connectivity index (χ3v) is 15.9. The van der Waals surface area contributed by atoms with Crippen LogP contribution in [-0.2, 0) is 54.4 Å². The molecule has 19 N–H and O–H groups in total. The van der Waals surface area contributed by atoms with Crippen LogP contribution in [0.4, 0.5) is 5.69 Å². The highest BCUT2D eigenvalue weighted by Crippen LogP contribution is 2.35. The first-order valence-electron chi connectivity index (χ1n) is 27.4. The van der Waals surface area contributed by atoms with Crippen LogP contribution >= 0.6 is 0 Å². The highest BCUT2D eigenvalue weighted by atomic mass is 16.8. The molecule has 7 unspecified atom stereocenters. The van der Waals surface area contributed by atoms with Crippen LogP contribution < -0.4 is 44.0 Å². The third-order valence-electron chi connectivity index (χ3n) is 15.9. The molecule has 0 spiro atoms. The average molecular weight is 1120 g/mol. The summed E-state index contributed by atoms with van der Waals surface area (Å²) in [7, 11) is 2.15. The lowest BCUT2D eigenvalue weighted by molar-refractivity contribution is -0.306. The Balaban J connectivity index is 0.718. The molecule has 440 valence electrons. The predicted molar refractivity (Wildman–Crippen MR) is 285 cm³/mol. The topological polar surface area (TPSA) is 439 Å². The number of imidazole rings is 1. The number of aliphatic hydroxyl groups is 6. The molecule has 4 saturated heterocycles. The Morgan fingerprint density at radius 2 is 1.23 bits per heavy atom. The number of benzene rings is 2. The zero-order valence-corrected chi connectivity index (χ0v) is 44.6. The highest BCUT2D eigenvalue weighted by molar-refractivity contribution is 5.83. The standard InChI is InChI=1S/C51H78N16O13/c1-64-12-14-65(15-13-64)28-8-11-32-33(18-28)59-48(58-32)25-6-9-29(10-7-25)74-17-16-66-22-26(60-62-66)4-2-3-5-27-23-67(63-61-27)24-36-46(79-50-38(57)43(72)41(70)35(21-53)76-50)44(73)51(77-36)80-47-39(68)30(54)19-31(55)45(47)78-49-37(56)42(71)40(69)34(20-52)75-49/h6-11,18,22-23,30-31,34-47,49-51,68-73H,2-5,12-17,19-21,24,52-57H2,1H3,(H,58,59)/t30-,31?,34?,35+,36-,37?,38?,39?,40+,41-,42-,43?,44+,45+,46+,47-,49+,50-,51?/m1/s1. The molecule has 5 aromatic rings. The summed E-state index contributed by atoms with van der Waals surface area (Å²) < 4.78 is 46.1. The van der Waals surface area contributed by atoms with Crippen LogP contribution in [0.1, 0.15) is 30.7 Å². The van der Waals surface area contributed by atoms with E-state index >= 15 is 0 Å². The molecule has 80 heavy (non-hydrogen) atoms. The number of hydrogen-bond donors (Lipinski definition) is 13. The smallest absolute Gasteiger partial charge is 0.187 e. The molecule has 0 bridgehead atoms. The summed E-state index contributed by atoms with van der Waals surface area (Å²) in [6, 6.07) is 9.95. The maximum absolute atomic E-state index is 11.9. The van der Waals surface area contributed by atoms with Crippen molar-refractivity contribution in [1.29, 1.82) is 0 Å². The number of aromatic nitrogens is 8. The molecule has 1 aliphatic carbocycles. The predicted octanol–water partition coefficient (Wildman–Crippen LogP) is -5.06. The van der Waals surface area contributed by atoms with Gasteiger partial charge in [0.2, 0.25) is 0 Å². The fraction of sp³-hybridized carbons (Fsp3) is 0.667. The van der Waals surface area contributed by atoms with E-state index in [1.807, 2.05) is 30.5 Å². The molecular formula is C51H78N16O13. The van der Waals surface area contributed by atoms with Gasteiger partial charge >= 0.3 is 0 Å². The minimum absolute atomic E-state index is 0.0429. The molecule has 5 fully saturated rings. The maximum atomic E-state index is 11.9. The molecule has 4 aliphatic heterocycles. The minimum atomic E-state index is -1.62. The van der Waals surface area contributed by atoms with Crippen LogP contribution in [0.25, 0.3) is 22.4 Å². The molecule has 5 aliphatic rings. The highest BCUT2D eigenvalue weighted by Gasteiger charge is 2.54. The number of nitrogens with zero attached hydrogens (tertiary/aromatic N) is 9. The number of anilines is 1. The summed E-state index contributed by atoms with van der Waals surface area (Å²) >= 11 is 0. The summed E-state index contributed by atoms with van der Waals surface area (Å²) in [5.41, 5.74) is 42.6. The van der Waals surface area contributed by atoms with Crippen molar-refractivity contribution in [1.82, 2.24) is 44.9 Å². The number of unbranched alkanes of at least 4 members (excludes halogenated alkanes) is 1. The van der Waals surface area contributed by atoms with Gasteiger partial charge in [-0.2, -0.15) is 0 Å². The van der Waals surface area contributed by atoms with E-state index in [2.05, 4.69) is 60.7 Å². The molecule has 1 saturated carbocycles. The summed E-state index contributed by atoms with van der Waals surface area (Å²) in [5.74, 6) is 1.54. The molecule has 29 nitrogen and oxygen atoms in total. The molecule has 0 amide bonds. The van der Waals surface area contributed by atoms with E-state index < -0.39 is 116 Å². The Hall–Kier alpha value is -4.97. The first-order chi connectivity index (χ1) is 38.5. The van der Waals surface area contributed by atoms with Crippen molar-refractivity contribution in [2.45, 2.75) is 161 Å². The second kappa shape index (κ2) is 25.7. The maximum Gasteiger partial charge on any atom is 0.187 e. The molecule has 19 atom stereocenters. The zero-order valence-electron chi connectivity index (χ0n) is 44.6. The summed E-state index contributed by atoms with van der Waals surface area (Å²) in [5, 5.41) is 83.2. The molecule has 29 heteroatoms. The minimum Gasteiger partial charge on any atom is -0.492 e. The first kappa shape index (κ1) is 58.2. The van der Waals surface area contributed by atoms with Crippen LogP contribution in [-0.4, -0.2) is 245 Å². The molecule has 3 aromatic heterocycles. The number of hydrogen-bond acceptors (Lipinski definition) is 26. The SMILES string of the molecule is CN1CCN(c2ccc3nc(-c4ccc(OCCn5cc(CCCCc6cn(C[C@H]7OC(O[C@@H]8C(O)[C@H](N)CC(N)[C@@H]8O[C@@H]8OC(CN)[C@H](O)[C@H](O)C8N)[C@@H](O)[C@H]7O[C@H]7O[C@@H](CN)[C@@H](O)C(O)C7N)nn6)nn5)cc4)[nH]c3c2)CC1. The summed E-state index contributed by atoms with van der Waals surface area (Å²) in [6.45, 7) is 4.61. The molecule has 10 rings (SSSR count). The number of nitrogens with two attached hydrogens (primary N) is 6. The van der Waals surface area contributed by atoms with E-state index in [0.717, 1.165) is 72.9 Å². The molecule has 2 aromatic carbocycles. The first-order valence-corrected chi connectivity index (χ1v) is 27.4. The van der Waals surface area contributed by atoms with Crippen molar-refractivity contribution >= 4 is 16.7 Å². The Labute approximate surface area is 461 Å². The van der Waals surface area contributed by atoms with Gasteiger partial charge in [0, 0.05) is 75.0 Å². The second-order valence-corrected chi connectivity index (χ2v) is 21.6. The second-order valence-electron chi connectivity index (χ2n) is 21.6. The van der Waals surface area contributed by atoms with Crippen molar-refractivity contribution in [3.63, 3.8) is 0 Å². The quantitative estimate of drug-likeness (QED) is 0.0306. The van der Waals surface area contributed by atoms with Gasteiger partial charge in [-0.05, 0) is 81.6 Å². The number of fused-ring (bicyclic) bond motifs is 1. The number of piperazine rings is 1. The lowest BCUT2D eigenvalue weighted by atomic mass is 9.84. The molecule has 7 heterocycles. The van der Waals surface area contributed by atoms with E-state index in [0.29, 0.717) is 31.7 Å². The van der Waals surface area contributed by atoms with Crippen LogP contribution in [0, 0.1) is 0 Å². The Morgan fingerprint density at radius 3 is 1.86 bits per heavy atom. The number of likely N-dealkylation sites (N-methyl/N-ethyl adjacent to an activating group) is 1. The number of nitrogens with one attached hydrogen (secondary N) is 1. The average Bonchev–Trinajstić information content (AvgIpc) is 4.30. The van der Waals surface area contributed by atoms with Crippen LogP contribution in [0.3, 0.4) is 0 Å². The van der Waals surface area contributed by atoms with Gasteiger partial charge in [0.15, 0.2) is 18.9 Å². The lowest BCUT2D eigenvalue weighted by Gasteiger charge is -2.47. The molecular weight excluding hydrogens is 1040 g/mol. The van der Waals surface area contributed by atoms with Gasteiger partial charge in [0.25, 0.3) is 0 Å². The number of aliphatic hydroxyl groups excluding tert-OH is 6. The van der Waals surface area contributed by atoms with Crippen molar-refractivity contribution < 1.29 is 63.8 Å². The Morgan fingerprint density at radius 1 is 0.637 bits per heavy atom. The van der Waals surface area contributed by atoms with Gasteiger partial charge in [0.1, 0.15) is 85.3 Å². The Kier molecular flexibility index (Phi) is 18.7. The lowest BCUT2D eigenvalue weighted by Crippen LogP contribution is -2.68. The van der Waals surface area contributed by atoms with E-state index in [4.69, 9.17) is 72.5 Å². The van der Waals surface area contributed by atoms with Crippen LogP contribution in [0.15, 0.2) is 54.9 Å².